The summed E-state index contributed by atoms with van der Waals surface area (Å²) in [5, 5.41) is 23.8. The van der Waals surface area contributed by atoms with Crippen molar-refractivity contribution in [3.63, 3.8) is 0 Å². The van der Waals surface area contributed by atoms with E-state index in [2.05, 4.69) is 6.07 Å². The maximum atomic E-state index is 12.8. The Hall–Kier alpha value is -3.79. The average molecular weight is 354 g/mol. The highest BCUT2D eigenvalue weighted by Gasteiger charge is 2.31. The van der Waals surface area contributed by atoms with Gasteiger partial charge in [-0.2, -0.15) is 0 Å². The van der Waals surface area contributed by atoms with Crippen LogP contribution in [0.15, 0.2) is 72.5 Å². The molecule has 4 aromatic carbocycles. The number of aromatic hydroxyl groups is 2. The minimum atomic E-state index is -0.424. The van der Waals surface area contributed by atoms with Crippen LogP contribution in [0.5, 0.6) is 17.2 Å². The largest absolute Gasteiger partial charge is 0.504 e. The lowest BCUT2D eigenvalue weighted by Gasteiger charge is -2.09. The summed E-state index contributed by atoms with van der Waals surface area (Å²) < 4.78 is 5.63. The van der Waals surface area contributed by atoms with Gasteiger partial charge in [-0.05, 0) is 51.4 Å². The van der Waals surface area contributed by atoms with Crippen molar-refractivity contribution in [3.05, 3.63) is 83.6 Å². The van der Waals surface area contributed by atoms with Gasteiger partial charge in [0.2, 0.25) is 11.5 Å². The number of benzene rings is 4. The number of rotatable bonds is 1. The van der Waals surface area contributed by atoms with Gasteiger partial charge < -0.3 is 14.9 Å². The predicted molar refractivity (Wildman–Crippen MR) is 104 cm³/mol. The molecule has 4 nitrogen and oxygen atoms in total. The number of hydrogen-bond donors (Lipinski definition) is 2. The molecular formula is C23H14O4. The van der Waals surface area contributed by atoms with E-state index in [0.29, 0.717) is 0 Å². The van der Waals surface area contributed by atoms with E-state index in [-0.39, 0.29) is 28.6 Å². The average Bonchev–Trinajstić information content (AvgIpc) is 3.01. The summed E-state index contributed by atoms with van der Waals surface area (Å²) in [6.45, 7) is 0. The van der Waals surface area contributed by atoms with E-state index in [1.807, 2.05) is 48.5 Å². The van der Waals surface area contributed by atoms with Crippen molar-refractivity contribution < 1.29 is 19.7 Å². The van der Waals surface area contributed by atoms with Crippen molar-refractivity contribution in [2.45, 2.75) is 0 Å². The lowest BCUT2D eigenvalue weighted by atomic mass is 9.96. The molecule has 0 spiro atoms. The third-order valence-electron chi connectivity index (χ3n) is 4.88. The lowest BCUT2D eigenvalue weighted by molar-refractivity contribution is 0.101. The predicted octanol–water partition coefficient (Wildman–Crippen LogP) is 5.02. The molecule has 0 fully saturated rings. The summed E-state index contributed by atoms with van der Waals surface area (Å²) in [7, 11) is 0. The Balaban J connectivity index is 1.77. The first-order valence-corrected chi connectivity index (χ1v) is 8.53. The zero-order chi connectivity index (χ0) is 18.5. The number of ketones is 1. The maximum absolute atomic E-state index is 12.8. The van der Waals surface area contributed by atoms with Gasteiger partial charge >= 0.3 is 0 Å². The number of fused-ring (bicyclic) bond motifs is 3. The van der Waals surface area contributed by atoms with E-state index >= 15 is 0 Å². The van der Waals surface area contributed by atoms with Gasteiger partial charge in [-0.3, -0.25) is 4.79 Å². The van der Waals surface area contributed by atoms with Crippen molar-refractivity contribution >= 4 is 33.4 Å². The third-order valence-corrected chi connectivity index (χ3v) is 4.88. The van der Waals surface area contributed by atoms with E-state index in [1.54, 1.807) is 6.08 Å². The van der Waals surface area contributed by atoms with Gasteiger partial charge in [-0.1, -0.05) is 48.5 Å². The lowest BCUT2D eigenvalue weighted by Crippen LogP contribution is -1.98. The van der Waals surface area contributed by atoms with Gasteiger partial charge in [0, 0.05) is 0 Å². The topological polar surface area (TPSA) is 66.8 Å². The summed E-state index contributed by atoms with van der Waals surface area (Å²) in [6.07, 6.45) is 1.71. The molecular weight excluding hydrogens is 340 g/mol. The molecule has 0 aliphatic carbocycles. The minimum Gasteiger partial charge on any atom is -0.504 e. The molecule has 0 radical (unpaired) electrons. The van der Waals surface area contributed by atoms with Crippen LogP contribution in [-0.2, 0) is 0 Å². The van der Waals surface area contributed by atoms with Gasteiger partial charge in [-0.25, -0.2) is 0 Å². The first-order chi connectivity index (χ1) is 13.1. The number of phenolic OH excluding ortho intramolecular Hbond substituents is 2. The molecule has 0 atom stereocenters. The van der Waals surface area contributed by atoms with Gasteiger partial charge in [0.1, 0.15) is 0 Å². The fourth-order valence-electron chi connectivity index (χ4n) is 3.56. The summed E-state index contributed by atoms with van der Waals surface area (Å²) in [4.78, 5) is 12.8. The first kappa shape index (κ1) is 15.5. The van der Waals surface area contributed by atoms with Gasteiger partial charge in [0.05, 0.1) is 5.56 Å². The Bertz CT molecular complexity index is 1230. The van der Waals surface area contributed by atoms with E-state index < -0.39 is 5.75 Å². The zero-order valence-electron chi connectivity index (χ0n) is 14.1. The van der Waals surface area contributed by atoms with Crippen LogP contribution in [0.3, 0.4) is 0 Å². The van der Waals surface area contributed by atoms with Crippen molar-refractivity contribution in [1.29, 1.82) is 0 Å². The molecule has 0 aromatic heterocycles. The van der Waals surface area contributed by atoms with E-state index in [9.17, 15) is 15.0 Å². The molecule has 0 unspecified atom stereocenters. The number of ether oxygens (including phenoxy) is 1. The maximum Gasteiger partial charge on any atom is 0.232 e. The number of carbonyl (C=O) groups is 1. The standard InChI is InChI=1S/C23H14O4/c24-19-10-9-17-21(25)20(27-23(17)22(19)26)12-18-15-7-3-1-5-13(15)11-14-6-2-4-8-16(14)18/h1-12,24,26H. The number of phenols is 2. The highest BCUT2D eigenvalue weighted by molar-refractivity contribution is 6.17. The van der Waals surface area contributed by atoms with Crippen LogP contribution in [0.4, 0.5) is 0 Å². The first-order valence-electron chi connectivity index (χ1n) is 8.53. The summed E-state index contributed by atoms with van der Waals surface area (Å²) in [6, 6.07) is 20.8. The van der Waals surface area contributed by atoms with Gasteiger partial charge in [0.15, 0.2) is 17.3 Å². The van der Waals surface area contributed by atoms with Crippen molar-refractivity contribution in [1.82, 2.24) is 0 Å². The number of allylic oxidation sites excluding steroid dienone is 1. The Morgan fingerprint density at radius 1 is 0.815 bits per heavy atom. The van der Waals surface area contributed by atoms with Crippen LogP contribution in [-0.4, -0.2) is 16.0 Å². The smallest absolute Gasteiger partial charge is 0.232 e. The van der Waals surface area contributed by atoms with Crippen LogP contribution in [0.25, 0.3) is 27.6 Å². The quantitative estimate of drug-likeness (QED) is 0.286. The molecule has 0 saturated carbocycles. The third kappa shape index (κ3) is 2.27. The van der Waals surface area contributed by atoms with Crippen molar-refractivity contribution in [2.24, 2.45) is 0 Å². The summed E-state index contributed by atoms with van der Waals surface area (Å²) >= 11 is 0. The fourth-order valence-corrected chi connectivity index (χ4v) is 3.56. The Labute approximate surface area is 154 Å². The normalized spacial score (nSPS) is 14.7. The summed E-state index contributed by atoms with van der Waals surface area (Å²) in [5.41, 5.74) is 1.12. The number of Topliss-reactive ketones (excluding diaryl/α,β-unsaturated/α-hetero) is 1. The SMILES string of the molecule is O=C1C(=Cc2c3ccccc3cc3ccccc23)Oc2c1ccc(O)c2O. The van der Waals surface area contributed by atoms with Crippen LogP contribution < -0.4 is 4.74 Å². The highest BCUT2D eigenvalue weighted by atomic mass is 16.5. The van der Waals surface area contributed by atoms with E-state index in [4.69, 9.17) is 4.74 Å². The molecule has 1 heterocycles. The van der Waals surface area contributed by atoms with Crippen LogP contribution in [0, 0.1) is 0 Å². The second-order valence-corrected chi connectivity index (χ2v) is 6.48. The number of carbonyl (C=O) groups excluding carboxylic acids is 1. The highest BCUT2D eigenvalue weighted by Crippen LogP contribution is 2.44. The van der Waals surface area contributed by atoms with Crippen LogP contribution in [0.1, 0.15) is 15.9 Å². The molecule has 1 aliphatic rings. The monoisotopic (exact) mass is 354 g/mol. The molecule has 4 aromatic rings. The fraction of sp³-hybridized carbons (Fsp3) is 0. The Morgan fingerprint density at radius 2 is 1.44 bits per heavy atom. The Morgan fingerprint density at radius 3 is 2.11 bits per heavy atom. The second-order valence-electron chi connectivity index (χ2n) is 6.48. The molecule has 0 amide bonds. The molecule has 1 aliphatic heterocycles. The molecule has 0 saturated heterocycles. The molecule has 5 rings (SSSR count). The second kappa shape index (κ2) is 5.61. The van der Waals surface area contributed by atoms with Crippen LogP contribution in [0.2, 0.25) is 0 Å². The van der Waals surface area contributed by atoms with Crippen LogP contribution >= 0.6 is 0 Å². The Kier molecular flexibility index (Phi) is 3.21. The number of hydrogen-bond acceptors (Lipinski definition) is 4. The summed E-state index contributed by atoms with van der Waals surface area (Å²) in [5.74, 6) is -0.953. The van der Waals surface area contributed by atoms with Crippen molar-refractivity contribution in [2.75, 3.05) is 0 Å². The van der Waals surface area contributed by atoms with Gasteiger partial charge in [-0.15, -0.1) is 0 Å². The molecule has 2 N–H and O–H groups in total. The van der Waals surface area contributed by atoms with E-state index in [1.165, 1.54) is 12.1 Å². The minimum absolute atomic E-state index is 0.00390. The molecule has 130 valence electrons. The zero-order valence-corrected chi connectivity index (χ0v) is 14.1. The van der Waals surface area contributed by atoms with E-state index in [0.717, 1.165) is 27.1 Å². The molecule has 27 heavy (non-hydrogen) atoms. The van der Waals surface area contributed by atoms with Crippen molar-refractivity contribution in [3.8, 4) is 17.2 Å². The molecule has 4 heteroatoms. The molecule has 0 bridgehead atoms. The van der Waals surface area contributed by atoms with Gasteiger partial charge in [0.25, 0.3) is 0 Å².